The number of nitrogens with zero attached hydrogens (tertiary/aromatic N) is 1. The summed E-state index contributed by atoms with van der Waals surface area (Å²) in [6.07, 6.45) is -4.04. The average Bonchev–Trinajstić information content (AvgIpc) is 2.56. The van der Waals surface area contributed by atoms with Crippen LogP contribution in [0.4, 0.5) is 24.5 Å². The highest BCUT2D eigenvalue weighted by Crippen LogP contribution is 2.35. The van der Waals surface area contributed by atoms with E-state index in [-0.39, 0.29) is 23.7 Å². The van der Waals surface area contributed by atoms with Crippen LogP contribution in [0.25, 0.3) is 0 Å². The van der Waals surface area contributed by atoms with Crippen molar-refractivity contribution in [2.75, 3.05) is 22.3 Å². The highest BCUT2D eigenvalue weighted by Gasteiger charge is 2.33. The van der Waals surface area contributed by atoms with Crippen molar-refractivity contribution in [1.29, 1.82) is 0 Å². The Kier molecular flexibility index (Phi) is 2.92. The summed E-state index contributed by atoms with van der Waals surface area (Å²) in [7, 11) is -3.44. The molecule has 2 N–H and O–H groups in total. The maximum Gasteiger partial charge on any atom is 0.416 e. The molecule has 0 radical (unpaired) electrons. The van der Waals surface area contributed by atoms with Crippen LogP contribution in [-0.2, 0) is 16.2 Å². The Morgan fingerprint density at radius 1 is 1.28 bits per heavy atom. The van der Waals surface area contributed by atoms with Crippen LogP contribution >= 0.6 is 0 Å². The summed E-state index contributed by atoms with van der Waals surface area (Å²) in [5.74, 6) is -0.00649. The Hall–Kier alpha value is -1.44. The lowest BCUT2D eigenvalue weighted by atomic mass is 10.1. The molecule has 1 aromatic carbocycles. The van der Waals surface area contributed by atoms with Gasteiger partial charge in [-0.2, -0.15) is 13.2 Å². The molecule has 1 aliphatic rings. The predicted octanol–water partition coefficient (Wildman–Crippen LogP) is 1.83. The van der Waals surface area contributed by atoms with Gasteiger partial charge in [0.15, 0.2) is 0 Å². The zero-order valence-corrected chi connectivity index (χ0v) is 10.1. The van der Waals surface area contributed by atoms with Gasteiger partial charge in [-0.05, 0) is 24.6 Å². The Bertz CT molecular complexity index is 569. The van der Waals surface area contributed by atoms with Crippen molar-refractivity contribution in [1.82, 2.24) is 0 Å². The van der Waals surface area contributed by atoms with Crippen LogP contribution in [0.3, 0.4) is 0 Å². The van der Waals surface area contributed by atoms with Crippen molar-refractivity contribution in [3.63, 3.8) is 0 Å². The summed E-state index contributed by atoms with van der Waals surface area (Å²) in [6.45, 7) is 0.248. The summed E-state index contributed by atoms with van der Waals surface area (Å²) in [6, 6.07) is 2.68. The van der Waals surface area contributed by atoms with Gasteiger partial charge in [0.1, 0.15) is 0 Å². The third-order valence-corrected chi connectivity index (χ3v) is 4.58. The van der Waals surface area contributed by atoms with Gasteiger partial charge in [0, 0.05) is 6.54 Å². The van der Waals surface area contributed by atoms with E-state index >= 15 is 0 Å². The lowest BCUT2D eigenvalue weighted by Gasteiger charge is -2.19. The highest BCUT2D eigenvalue weighted by molar-refractivity contribution is 7.93. The molecule has 2 rings (SSSR count). The lowest BCUT2D eigenvalue weighted by molar-refractivity contribution is -0.137. The van der Waals surface area contributed by atoms with E-state index in [9.17, 15) is 21.6 Å². The van der Waals surface area contributed by atoms with E-state index in [1.807, 2.05) is 0 Å². The maximum absolute atomic E-state index is 12.4. The molecule has 100 valence electrons. The van der Waals surface area contributed by atoms with E-state index in [0.717, 1.165) is 22.5 Å². The first-order valence-electron chi connectivity index (χ1n) is 5.19. The van der Waals surface area contributed by atoms with Crippen molar-refractivity contribution in [3.8, 4) is 0 Å². The quantitative estimate of drug-likeness (QED) is 0.798. The number of nitrogens with two attached hydrogens (primary N) is 1. The van der Waals surface area contributed by atoms with E-state index in [1.54, 1.807) is 0 Å². The number of rotatable bonds is 1. The Morgan fingerprint density at radius 2 is 1.94 bits per heavy atom. The largest absolute Gasteiger partial charge is 0.416 e. The third kappa shape index (κ3) is 2.24. The van der Waals surface area contributed by atoms with E-state index in [0.29, 0.717) is 6.42 Å². The normalized spacial score (nSPS) is 19.2. The Labute approximate surface area is 102 Å². The van der Waals surface area contributed by atoms with Gasteiger partial charge in [0.2, 0.25) is 10.0 Å². The van der Waals surface area contributed by atoms with Gasteiger partial charge in [0.05, 0.1) is 22.7 Å². The number of alkyl halides is 3. The SMILES string of the molecule is Nc1cc(C(F)(F)F)ccc1N1CCCS1(=O)=O. The fourth-order valence-corrected chi connectivity index (χ4v) is 3.46. The smallest absolute Gasteiger partial charge is 0.397 e. The first kappa shape index (κ1) is 13.0. The summed E-state index contributed by atoms with van der Waals surface area (Å²) in [5, 5.41) is 0. The fourth-order valence-electron chi connectivity index (χ4n) is 1.87. The molecule has 0 atom stereocenters. The third-order valence-electron chi connectivity index (χ3n) is 2.72. The number of nitrogen functional groups attached to an aromatic ring is 1. The van der Waals surface area contributed by atoms with Crippen molar-refractivity contribution < 1.29 is 21.6 Å². The molecule has 0 aliphatic carbocycles. The van der Waals surface area contributed by atoms with Gasteiger partial charge in [-0.15, -0.1) is 0 Å². The molecule has 1 aromatic rings. The molecule has 1 saturated heterocycles. The number of sulfonamides is 1. The molecule has 8 heteroatoms. The Morgan fingerprint density at radius 3 is 2.39 bits per heavy atom. The second kappa shape index (κ2) is 4.04. The summed E-state index contributed by atoms with van der Waals surface area (Å²) >= 11 is 0. The molecular formula is C10H11F3N2O2S. The standard InChI is InChI=1S/C10H11F3N2O2S/c11-10(12,13)7-2-3-9(8(14)6-7)15-4-1-5-18(15,16)17/h2-3,6H,1,4-5,14H2. The van der Waals surface area contributed by atoms with Crippen molar-refractivity contribution >= 4 is 21.4 Å². The van der Waals surface area contributed by atoms with Gasteiger partial charge in [-0.25, -0.2) is 8.42 Å². The van der Waals surface area contributed by atoms with Crippen molar-refractivity contribution in [3.05, 3.63) is 23.8 Å². The molecule has 18 heavy (non-hydrogen) atoms. The van der Waals surface area contributed by atoms with Gasteiger partial charge in [-0.1, -0.05) is 0 Å². The summed E-state index contributed by atoms with van der Waals surface area (Å²) < 4.78 is 61.7. The zero-order valence-electron chi connectivity index (χ0n) is 9.24. The van der Waals surface area contributed by atoms with Gasteiger partial charge in [-0.3, -0.25) is 4.31 Å². The summed E-state index contributed by atoms with van der Waals surface area (Å²) in [4.78, 5) is 0. The first-order valence-corrected chi connectivity index (χ1v) is 6.80. The second-order valence-corrected chi connectivity index (χ2v) is 6.03. The molecule has 0 bridgehead atoms. The molecule has 1 heterocycles. The number of anilines is 2. The minimum Gasteiger partial charge on any atom is -0.397 e. The molecule has 1 aliphatic heterocycles. The van der Waals surface area contributed by atoms with Crippen molar-refractivity contribution in [2.24, 2.45) is 0 Å². The number of benzene rings is 1. The topological polar surface area (TPSA) is 63.4 Å². The maximum atomic E-state index is 12.4. The molecule has 0 aromatic heterocycles. The van der Waals surface area contributed by atoms with Crippen molar-refractivity contribution in [2.45, 2.75) is 12.6 Å². The summed E-state index contributed by atoms with van der Waals surface area (Å²) in [5.41, 5.74) is 4.55. The molecule has 4 nitrogen and oxygen atoms in total. The van der Waals surface area contributed by atoms with Crippen LogP contribution in [0.1, 0.15) is 12.0 Å². The van der Waals surface area contributed by atoms with Crippen LogP contribution in [0.15, 0.2) is 18.2 Å². The number of hydrogen-bond donors (Lipinski definition) is 1. The average molecular weight is 280 g/mol. The first-order chi connectivity index (χ1) is 8.22. The number of halogens is 3. The highest BCUT2D eigenvalue weighted by atomic mass is 32.2. The van der Waals surface area contributed by atoms with Gasteiger partial charge in [0.25, 0.3) is 0 Å². The van der Waals surface area contributed by atoms with E-state index in [2.05, 4.69) is 0 Å². The fraction of sp³-hybridized carbons (Fsp3) is 0.400. The van der Waals surface area contributed by atoms with E-state index in [4.69, 9.17) is 5.73 Å². The zero-order chi connectivity index (χ0) is 13.6. The molecule has 0 amide bonds. The minimum atomic E-state index is -4.49. The molecule has 0 spiro atoms. The van der Waals surface area contributed by atoms with Crippen LogP contribution < -0.4 is 10.0 Å². The van der Waals surface area contributed by atoms with E-state index in [1.165, 1.54) is 0 Å². The lowest BCUT2D eigenvalue weighted by Crippen LogP contribution is -2.26. The van der Waals surface area contributed by atoms with Crippen LogP contribution in [0.5, 0.6) is 0 Å². The van der Waals surface area contributed by atoms with Gasteiger partial charge < -0.3 is 5.73 Å². The Balaban J connectivity index is 2.43. The van der Waals surface area contributed by atoms with Gasteiger partial charge >= 0.3 is 6.18 Å². The van der Waals surface area contributed by atoms with Crippen LogP contribution in [0.2, 0.25) is 0 Å². The predicted molar refractivity (Wildman–Crippen MR) is 61.6 cm³/mol. The van der Waals surface area contributed by atoms with Crippen LogP contribution in [-0.4, -0.2) is 20.7 Å². The molecule has 1 fully saturated rings. The minimum absolute atomic E-state index is 0.00649. The number of hydrogen-bond acceptors (Lipinski definition) is 3. The second-order valence-electron chi connectivity index (χ2n) is 4.01. The molecular weight excluding hydrogens is 269 g/mol. The molecule has 0 saturated carbocycles. The van der Waals surface area contributed by atoms with E-state index < -0.39 is 21.8 Å². The van der Waals surface area contributed by atoms with Crippen LogP contribution in [0, 0.1) is 0 Å². The molecule has 0 unspecified atom stereocenters. The monoisotopic (exact) mass is 280 g/mol.